The highest BCUT2D eigenvalue weighted by Gasteiger charge is 2.45. The Morgan fingerprint density at radius 1 is 1.07 bits per heavy atom. The summed E-state index contributed by atoms with van der Waals surface area (Å²) in [7, 11) is 0. The molecule has 2 amide bonds. The molecule has 0 bridgehead atoms. The predicted molar refractivity (Wildman–Crippen MR) is 117 cm³/mol. The SMILES string of the molecule is CC(C)[C@H](NC(=O)Cc1ccccc1)C(=O)N1C(c2ccccc2)SC[C@H]1C(=O)O. The Balaban J connectivity index is 1.82. The molecule has 2 aromatic rings. The van der Waals surface area contributed by atoms with Crippen LogP contribution in [0.2, 0.25) is 0 Å². The minimum Gasteiger partial charge on any atom is -0.480 e. The summed E-state index contributed by atoms with van der Waals surface area (Å²) in [6.45, 7) is 3.70. The van der Waals surface area contributed by atoms with Gasteiger partial charge in [0.15, 0.2) is 0 Å². The van der Waals surface area contributed by atoms with Crippen molar-refractivity contribution in [2.24, 2.45) is 5.92 Å². The zero-order chi connectivity index (χ0) is 21.7. The molecule has 1 heterocycles. The van der Waals surface area contributed by atoms with Gasteiger partial charge in [0, 0.05) is 5.75 Å². The molecule has 1 fully saturated rings. The highest BCUT2D eigenvalue weighted by Crippen LogP contribution is 2.42. The molecule has 0 aliphatic carbocycles. The number of carbonyl (C=O) groups is 3. The number of carboxylic acids is 1. The van der Waals surface area contributed by atoms with Crippen LogP contribution >= 0.6 is 11.8 Å². The van der Waals surface area contributed by atoms with E-state index >= 15 is 0 Å². The van der Waals surface area contributed by atoms with Gasteiger partial charge in [-0.05, 0) is 17.0 Å². The van der Waals surface area contributed by atoms with Gasteiger partial charge in [-0.3, -0.25) is 9.59 Å². The van der Waals surface area contributed by atoms with Crippen molar-refractivity contribution in [3.05, 3.63) is 71.8 Å². The van der Waals surface area contributed by atoms with Gasteiger partial charge in [0.2, 0.25) is 11.8 Å². The first-order chi connectivity index (χ1) is 14.4. The molecule has 1 unspecified atom stereocenters. The normalized spacial score (nSPS) is 19.5. The van der Waals surface area contributed by atoms with Gasteiger partial charge >= 0.3 is 5.97 Å². The molecule has 0 aromatic heterocycles. The number of hydrogen-bond donors (Lipinski definition) is 2. The number of aliphatic carboxylic acids is 1. The molecule has 2 N–H and O–H groups in total. The molecule has 1 aliphatic heterocycles. The monoisotopic (exact) mass is 426 g/mol. The molecular weight excluding hydrogens is 400 g/mol. The lowest BCUT2D eigenvalue weighted by Crippen LogP contribution is -2.54. The summed E-state index contributed by atoms with van der Waals surface area (Å²) >= 11 is 1.43. The van der Waals surface area contributed by atoms with Crippen molar-refractivity contribution in [2.75, 3.05) is 5.75 Å². The van der Waals surface area contributed by atoms with Crippen molar-refractivity contribution in [2.45, 2.75) is 37.7 Å². The number of amides is 2. The molecule has 0 spiro atoms. The maximum atomic E-state index is 13.5. The van der Waals surface area contributed by atoms with Gasteiger partial charge in [0.05, 0.1) is 6.42 Å². The van der Waals surface area contributed by atoms with E-state index in [1.165, 1.54) is 16.7 Å². The highest BCUT2D eigenvalue weighted by molar-refractivity contribution is 7.99. The van der Waals surface area contributed by atoms with Gasteiger partial charge in [-0.25, -0.2) is 4.79 Å². The lowest BCUT2D eigenvalue weighted by Gasteiger charge is -2.33. The summed E-state index contributed by atoms with van der Waals surface area (Å²) in [6, 6.07) is 17.0. The van der Waals surface area contributed by atoms with Crippen LogP contribution in [0.3, 0.4) is 0 Å². The number of nitrogens with one attached hydrogen (secondary N) is 1. The van der Waals surface area contributed by atoms with Crippen LogP contribution in [0.5, 0.6) is 0 Å². The number of benzene rings is 2. The second-order valence-electron chi connectivity index (χ2n) is 7.65. The standard InChI is InChI=1S/C23H26N2O4S/c1-15(2)20(24-19(26)13-16-9-5-3-6-10-16)21(27)25-18(23(28)29)14-30-22(25)17-11-7-4-8-12-17/h3-12,15,18,20,22H,13-14H2,1-2H3,(H,24,26)(H,28,29)/t18-,20-,22?/m0/s1. The largest absolute Gasteiger partial charge is 0.480 e. The number of hydrogen-bond acceptors (Lipinski definition) is 4. The molecule has 7 heteroatoms. The quantitative estimate of drug-likeness (QED) is 0.711. The fraction of sp³-hybridized carbons (Fsp3) is 0.348. The van der Waals surface area contributed by atoms with Gasteiger partial charge in [-0.2, -0.15) is 0 Å². The van der Waals surface area contributed by atoms with E-state index < -0.39 is 23.4 Å². The van der Waals surface area contributed by atoms with Crippen LogP contribution in [0.4, 0.5) is 0 Å². The number of carbonyl (C=O) groups excluding carboxylic acids is 2. The van der Waals surface area contributed by atoms with Crippen molar-refractivity contribution in [3.63, 3.8) is 0 Å². The Bertz CT molecular complexity index is 889. The number of rotatable bonds is 7. The van der Waals surface area contributed by atoms with Crippen molar-refractivity contribution in [1.29, 1.82) is 0 Å². The zero-order valence-corrected chi connectivity index (χ0v) is 17.8. The Morgan fingerprint density at radius 3 is 2.23 bits per heavy atom. The summed E-state index contributed by atoms with van der Waals surface area (Å²) in [5.41, 5.74) is 1.73. The molecule has 6 nitrogen and oxygen atoms in total. The molecule has 3 rings (SSSR count). The lowest BCUT2D eigenvalue weighted by atomic mass is 10.0. The van der Waals surface area contributed by atoms with E-state index in [4.69, 9.17) is 0 Å². The van der Waals surface area contributed by atoms with Gasteiger partial charge in [0.25, 0.3) is 0 Å². The second kappa shape index (κ2) is 9.80. The molecule has 158 valence electrons. The Kier molecular flexibility index (Phi) is 7.15. The molecule has 0 saturated carbocycles. The van der Waals surface area contributed by atoms with E-state index in [1.807, 2.05) is 74.5 Å². The lowest BCUT2D eigenvalue weighted by molar-refractivity contribution is -0.151. The van der Waals surface area contributed by atoms with E-state index in [9.17, 15) is 19.5 Å². The van der Waals surface area contributed by atoms with Crippen LogP contribution in [-0.2, 0) is 20.8 Å². The summed E-state index contributed by atoms with van der Waals surface area (Å²) in [5, 5.41) is 12.1. The third-order valence-corrected chi connectivity index (χ3v) is 6.40. The van der Waals surface area contributed by atoms with E-state index in [1.54, 1.807) is 0 Å². The highest BCUT2D eigenvalue weighted by atomic mass is 32.2. The summed E-state index contributed by atoms with van der Waals surface area (Å²) in [4.78, 5) is 39.4. The van der Waals surface area contributed by atoms with E-state index in [0.717, 1.165) is 11.1 Å². The summed E-state index contributed by atoms with van der Waals surface area (Å²) < 4.78 is 0. The zero-order valence-electron chi connectivity index (χ0n) is 17.0. The van der Waals surface area contributed by atoms with Crippen LogP contribution in [0.15, 0.2) is 60.7 Å². The Labute approximate surface area is 180 Å². The summed E-state index contributed by atoms with van der Waals surface area (Å²) in [5.74, 6) is -1.54. The molecule has 0 radical (unpaired) electrons. The number of carboxylic acid groups (broad SMARTS) is 1. The van der Waals surface area contributed by atoms with E-state index in [-0.39, 0.29) is 24.2 Å². The van der Waals surface area contributed by atoms with Gasteiger partial charge in [-0.1, -0.05) is 74.5 Å². The smallest absolute Gasteiger partial charge is 0.327 e. The fourth-order valence-electron chi connectivity index (χ4n) is 3.52. The maximum Gasteiger partial charge on any atom is 0.327 e. The van der Waals surface area contributed by atoms with Crippen molar-refractivity contribution < 1.29 is 19.5 Å². The summed E-state index contributed by atoms with van der Waals surface area (Å²) in [6.07, 6.45) is 0.163. The molecule has 2 aromatic carbocycles. The van der Waals surface area contributed by atoms with Gasteiger partial charge in [0.1, 0.15) is 17.5 Å². The number of thioether (sulfide) groups is 1. The minimum atomic E-state index is -1.03. The molecule has 3 atom stereocenters. The first-order valence-electron chi connectivity index (χ1n) is 9.93. The third-order valence-electron chi connectivity index (χ3n) is 5.08. The molecule has 1 saturated heterocycles. The third kappa shape index (κ3) is 5.02. The second-order valence-corrected chi connectivity index (χ2v) is 8.76. The van der Waals surface area contributed by atoms with Crippen LogP contribution in [0, 0.1) is 5.92 Å². The first-order valence-corrected chi connectivity index (χ1v) is 11.0. The van der Waals surface area contributed by atoms with E-state index in [2.05, 4.69) is 5.32 Å². The number of nitrogens with zero attached hydrogens (tertiary/aromatic N) is 1. The van der Waals surface area contributed by atoms with Crippen molar-refractivity contribution in [1.82, 2.24) is 10.2 Å². The van der Waals surface area contributed by atoms with Crippen LogP contribution < -0.4 is 5.32 Å². The molecule has 1 aliphatic rings. The Morgan fingerprint density at radius 2 is 1.67 bits per heavy atom. The van der Waals surface area contributed by atoms with Gasteiger partial charge in [-0.15, -0.1) is 11.8 Å². The average Bonchev–Trinajstić information content (AvgIpc) is 3.18. The van der Waals surface area contributed by atoms with E-state index in [0.29, 0.717) is 5.75 Å². The minimum absolute atomic E-state index is 0.163. The maximum absolute atomic E-state index is 13.5. The van der Waals surface area contributed by atoms with Crippen LogP contribution in [-0.4, -0.2) is 45.6 Å². The van der Waals surface area contributed by atoms with Crippen molar-refractivity contribution in [3.8, 4) is 0 Å². The van der Waals surface area contributed by atoms with Crippen LogP contribution in [0.25, 0.3) is 0 Å². The fourth-order valence-corrected chi connectivity index (χ4v) is 4.95. The Hall–Kier alpha value is -2.80. The first kappa shape index (κ1) is 21.9. The predicted octanol–water partition coefficient (Wildman–Crippen LogP) is 3.10. The van der Waals surface area contributed by atoms with Crippen LogP contribution in [0.1, 0.15) is 30.3 Å². The van der Waals surface area contributed by atoms with Gasteiger partial charge < -0.3 is 15.3 Å². The molecular formula is C23H26N2O4S. The van der Waals surface area contributed by atoms with Crippen molar-refractivity contribution >= 4 is 29.5 Å². The molecule has 30 heavy (non-hydrogen) atoms. The average molecular weight is 427 g/mol. The topological polar surface area (TPSA) is 86.7 Å².